The Bertz CT molecular complexity index is 440. The van der Waals surface area contributed by atoms with Crippen molar-refractivity contribution in [2.75, 3.05) is 13.1 Å². The van der Waals surface area contributed by atoms with Gasteiger partial charge in [-0.15, -0.1) is 0 Å². The SMILES string of the molecule is NC1(C2CC2)CN(C(=O)CC23CC4CC(CC(C4)C2)C3)C1. The van der Waals surface area contributed by atoms with E-state index in [-0.39, 0.29) is 5.54 Å². The molecule has 3 heteroatoms. The lowest BCUT2D eigenvalue weighted by molar-refractivity contribution is -0.147. The molecule has 0 unspecified atom stereocenters. The summed E-state index contributed by atoms with van der Waals surface area (Å²) in [5, 5.41) is 0. The summed E-state index contributed by atoms with van der Waals surface area (Å²) in [6.45, 7) is 1.67. The van der Waals surface area contributed by atoms with E-state index in [0.717, 1.165) is 37.3 Å². The summed E-state index contributed by atoms with van der Waals surface area (Å²) in [6.07, 6.45) is 11.8. The van der Waals surface area contributed by atoms with E-state index in [1.54, 1.807) is 0 Å². The van der Waals surface area contributed by atoms with Crippen LogP contribution in [0.2, 0.25) is 0 Å². The molecular formula is C18H28N2O. The number of likely N-dealkylation sites (tertiary alicyclic amines) is 1. The molecule has 116 valence electrons. The van der Waals surface area contributed by atoms with E-state index in [0.29, 0.717) is 17.2 Å². The number of rotatable bonds is 3. The van der Waals surface area contributed by atoms with Crippen LogP contribution in [0.25, 0.3) is 0 Å². The second-order valence-corrected chi connectivity index (χ2v) is 9.35. The number of nitrogens with two attached hydrogens (primary N) is 1. The molecule has 0 aromatic heterocycles. The van der Waals surface area contributed by atoms with Crippen LogP contribution in [-0.4, -0.2) is 29.4 Å². The van der Waals surface area contributed by atoms with Gasteiger partial charge < -0.3 is 10.6 Å². The Kier molecular flexibility index (Phi) is 2.48. The molecule has 1 saturated heterocycles. The first-order chi connectivity index (χ1) is 10.0. The van der Waals surface area contributed by atoms with Crippen molar-refractivity contribution in [3.63, 3.8) is 0 Å². The molecule has 4 bridgehead atoms. The summed E-state index contributed by atoms with van der Waals surface area (Å²) in [7, 11) is 0. The summed E-state index contributed by atoms with van der Waals surface area (Å²) in [5.41, 5.74) is 6.77. The molecule has 0 spiro atoms. The van der Waals surface area contributed by atoms with Crippen molar-refractivity contribution < 1.29 is 4.79 Å². The number of amides is 1. The van der Waals surface area contributed by atoms with Crippen molar-refractivity contribution in [1.82, 2.24) is 4.90 Å². The van der Waals surface area contributed by atoms with Crippen molar-refractivity contribution in [3.8, 4) is 0 Å². The number of nitrogens with zero attached hydrogens (tertiary/aromatic N) is 1. The number of hydrogen-bond donors (Lipinski definition) is 1. The van der Waals surface area contributed by atoms with Gasteiger partial charge in [0.05, 0.1) is 5.54 Å². The molecule has 1 aliphatic heterocycles. The van der Waals surface area contributed by atoms with Gasteiger partial charge in [-0.2, -0.15) is 0 Å². The van der Waals surface area contributed by atoms with Crippen molar-refractivity contribution in [2.45, 2.75) is 63.3 Å². The summed E-state index contributed by atoms with van der Waals surface area (Å²) >= 11 is 0. The fourth-order valence-electron chi connectivity index (χ4n) is 6.70. The van der Waals surface area contributed by atoms with Crippen LogP contribution in [0.4, 0.5) is 0 Å². The van der Waals surface area contributed by atoms with Gasteiger partial charge in [-0.05, 0) is 80.5 Å². The van der Waals surface area contributed by atoms with Crippen molar-refractivity contribution in [1.29, 1.82) is 0 Å². The molecule has 5 aliphatic carbocycles. The molecule has 1 amide bonds. The average molecular weight is 288 g/mol. The van der Waals surface area contributed by atoms with Gasteiger partial charge in [0.1, 0.15) is 0 Å². The lowest BCUT2D eigenvalue weighted by Gasteiger charge is -2.57. The zero-order valence-electron chi connectivity index (χ0n) is 13.0. The lowest BCUT2D eigenvalue weighted by atomic mass is 9.49. The highest BCUT2D eigenvalue weighted by molar-refractivity contribution is 5.78. The standard InChI is InChI=1S/C18H28N2O/c19-18(15-1-2-15)10-20(11-18)16(21)9-17-6-12-3-13(7-17)5-14(4-12)8-17/h12-15H,1-11,19H2. The number of carbonyl (C=O) groups is 1. The molecule has 0 aromatic carbocycles. The van der Waals surface area contributed by atoms with Gasteiger partial charge in [0.15, 0.2) is 0 Å². The zero-order chi connectivity index (χ0) is 14.2. The van der Waals surface area contributed by atoms with Crippen LogP contribution in [-0.2, 0) is 4.79 Å². The van der Waals surface area contributed by atoms with E-state index in [2.05, 4.69) is 4.90 Å². The zero-order valence-corrected chi connectivity index (χ0v) is 13.0. The average Bonchev–Trinajstić information content (AvgIpc) is 3.16. The maximum Gasteiger partial charge on any atom is 0.223 e. The summed E-state index contributed by atoms with van der Waals surface area (Å²) < 4.78 is 0. The minimum atomic E-state index is -0.0167. The Morgan fingerprint density at radius 2 is 1.52 bits per heavy atom. The maximum absolute atomic E-state index is 12.7. The van der Waals surface area contributed by atoms with Gasteiger partial charge in [-0.1, -0.05) is 0 Å². The van der Waals surface area contributed by atoms with Crippen LogP contribution in [0.3, 0.4) is 0 Å². The van der Waals surface area contributed by atoms with Gasteiger partial charge in [-0.3, -0.25) is 4.79 Å². The van der Waals surface area contributed by atoms with Gasteiger partial charge in [0, 0.05) is 19.5 Å². The summed E-state index contributed by atoms with van der Waals surface area (Å²) in [5.74, 6) is 3.96. The van der Waals surface area contributed by atoms with Crippen molar-refractivity contribution in [3.05, 3.63) is 0 Å². The third kappa shape index (κ3) is 1.99. The van der Waals surface area contributed by atoms with Crippen LogP contribution in [0.5, 0.6) is 0 Å². The smallest absolute Gasteiger partial charge is 0.223 e. The fourth-order valence-corrected chi connectivity index (χ4v) is 6.70. The molecule has 21 heavy (non-hydrogen) atoms. The van der Waals surface area contributed by atoms with Gasteiger partial charge in [0.25, 0.3) is 0 Å². The topological polar surface area (TPSA) is 46.3 Å². The molecule has 0 aromatic rings. The van der Waals surface area contributed by atoms with Crippen LogP contribution in [0.15, 0.2) is 0 Å². The Morgan fingerprint density at radius 3 is 2.00 bits per heavy atom. The predicted molar refractivity (Wildman–Crippen MR) is 81.4 cm³/mol. The molecule has 6 aliphatic rings. The molecule has 0 atom stereocenters. The van der Waals surface area contributed by atoms with E-state index in [1.165, 1.54) is 51.4 Å². The molecule has 1 heterocycles. The fraction of sp³-hybridized carbons (Fsp3) is 0.944. The minimum Gasteiger partial charge on any atom is -0.339 e. The van der Waals surface area contributed by atoms with E-state index < -0.39 is 0 Å². The number of hydrogen-bond acceptors (Lipinski definition) is 2. The molecule has 3 nitrogen and oxygen atoms in total. The molecule has 0 radical (unpaired) electrons. The Morgan fingerprint density at radius 1 is 1.00 bits per heavy atom. The van der Waals surface area contributed by atoms with Crippen LogP contribution >= 0.6 is 0 Å². The Balaban J connectivity index is 1.25. The van der Waals surface area contributed by atoms with Gasteiger partial charge in [-0.25, -0.2) is 0 Å². The molecule has 6 fully saturated rings. The molecular weight excluding hydrogens is 260 g/mol. The predicted octanol–water partition coefficient (Wildman–Crippen LogP) is 2.54. The highest BCUT2D eigenvalue weighted by atomic mass is 16.2. The first kappa shape index (κ1) is 12.9. The maximum atomic E-state index is 12.7. The lowest BCUT2D eigenvalue weighted by Crippen LogP contribution is -2.70. The van der Waals surface area contributed by atoms with E-state index in [4.69, 9.17) is 5.73 Å². The monoisotopic (exact) mass is 288 g/mol. The largest absolute Gasteiger partial charge is 0.339 e. The van der Waals surface area contributed by atoms with Crippen molar-refractivity contribution in [2.24, 2.45) is 34.8 Å². The summed E-state index contributed by atoms with van der Waals surface area (Å²) in [6, 6.07) is 0. The first-order valence-electron chi connectivity index (χ1n) is 9.10. The van der Waals surface area contributed by atoms with Gasteiger partial charge in [0.2, 0.25) is 5.91 Å². The molecule has 2 N–H and O–H groups in total. The third-order valence-electron chi connectivity index (χ3n) is 7.40. The minimum absolute atomic E-state index is 0.0167. The molecule has 6 rings (SSSR count). The highest BCUT2D eigenvalue weighted by Crippen LogP contribution is 2.61. The highest BCUT2D eigenvalue weighted by Gasteiger charge is 2.55. The quantitative estimate of drug-likeness (QED) is 0.867. The second kappa shape index (κ2) is 4.04. The van der Waals surface area contributed by atoms with Crippen molar-refractivity contribution >= 4 is 5.91 Å². The Labute approximate surface area is 127 Å². The van der Waals surface area contributed by atoms with Crippen LogP contribution in [0.1, 0.15) is 57.8 Å². The van der Waals surface area contributed by atoms with E-state index in [1.807, 2.05) is 0 Å². The molecule has 5 saturated carbocycles. The Hall–Kier alpha value is -0.570. The normalized spacial score (nSPS) is 46.5. The third-order valence-corrected chi connectivity index (χ3v) is 7.40. The first-order valence-corrected chi connectivity index (χ1v) is 9.10. The van der Waals surface area contributed by atoms with Crippen LogP contribution < -0.4 is 5.73 Å². The second-order valence-electron chi connectivity index (χ2n) is 9.35. The van der Waals surface area contributed by atoms with E-state index >= 15 is 0 Å². The van der Waals surface area contributed by atoms with E-state index in [9.17, 15) is 4.79 Å². The van der Waals surface area contributed by atoms with Crippen LogP contribution in [0, 0.1) is 29.1 Å². The number of carbonyl (C=O) groups excluding carboxylic acids is 1. The van der Waals surface area contributed by atoms with Gasteiger partial charge >= 0.3 is 0 Å². The summed E-state index contributed by atoms with van der Waals surface area (Å²) in [4.78, 5) is 14.8.